The molecule has 27 heavy (non-hydrogen) atoms. The molecule has 1 aromatic heterocycles. The van der Waals surface area contributed by atoms with Gasteiger partial charge in [-0.05, 0) is 74.4 Å². The molecule has 0 aliphatic heterocycles. The summed E-state index contributed by atoms with van der Waals surface area (Å²) in [4.78, 5) is 9.35. The summed E-state index contributed by atoms with van der Waals surface area (Å²) in [5.41, 5.74) is 2.43. The van der Waals surface area contributed by atoms with Crippen molar-refractivity contribution >= 4 is 46.8 Å². The highest BCUT2D eigenvalue weighted by atomic mass is 127. The molecule has 1 rings (SSSR count). The summed E-state index contributed by atoms with van der Waals surface area (Å²) in [7, 11) is -0.428. The second kappa shape index (κ2) is 11.3. The summed E-state index contributed by atoms with van der Waals surface area (Å²) in [5, 5.41) is 0. The standard InChI is InChI=1S/C20H34BrIN2O2Si/c1-9-10-11-12-16(17-18(21)24-20(25-8)19(22)23-17)26-27(13(2)3,14(4)5)15(6)7/h9,13-16H,1,10-12H2,2-8H3. The van der Waals surface area contributed by atoms with E-state index in [-0.39, 0.29) is 6.10 Å². The van der Waals surface area contributed by atoms with Crippen LogP contribution in [-0.4, -0.2) is 25.4 Å². The Morgan fingerprint density at radius 3 is 2.11 bits per heavy atom. The van der Waals surface area contributed by atoms with Crippen molar-refractivity contribution in [1.29, 1.82) is 0 Å². The van der Waals surface area contributed by atoms with E-state index in [2.05, 4.69) is 91.6 Å². The van der Waals surface area contributed by atoms with Crippen LogP contribution in [0.2, 0.25) is 16.6 Å². The number of allylic oxidation sites excluding steroid dienone is 1. The molecule has 0 spiro atoms. The fraction of sp³-hybridized carbons (Fsp3) is 0.700. The third-order valence-electron chi connectivity index (χ3n) is 5.23. The van der Waals surface area contributed by atoms with E-state index in [0.717, 1.165) is 28.7 Å². The van der Waals surface area contributed by atoms with Crippen LogP contribution in [0, 0.1) is 3.70 Å². The maximum absolute atomic E-state index is 7.09. The number of methoxy groups -OCH3 is 1. The highest BCUT2D eigenvalue weighted by Gasteiger charge is 2.47. The van der Waals surface area contributed by atoms with Crippen molar-refractivity contribution in [1.82, 2.24) is 9.97 Å². The van der Waals surface area contributed by atoms with Crippen molar-refractivity contribution in [3.05, 3.63) is 26.7 Å². The molecule has 0 aromatic carbocycles. The normalized spacial score (nSPS) is 13.5. The molecule has 0 saturated carbocycles. The number of unbranched alkanes of at least 4 members (excludes halogenated alkanes) is 1. The van der Waals surface area contributed by atoms with E-state index in [9.17, 15) is 0 Å². The van der Waals surface area contributed by atoms with Crippen LogP contribution in [-0.2, 0) is 4.43 Å². The van der Waals surface area contributed by atoms with E-state index in [1.54, 1.807) is 7.11 Å². The molecule has 0 fully saturated rings. The summed E-state index contributed by atoms with van der Waals surface area (Å²) in [6, 6.07) is 0. The van der Waals surface area contributed by atoms with Gasteiger partial charge in [0.25, 0.3) is 0 Å². The molecule has 0 amide bonds. The fourth-order valence-electron chi connectivity index (χ4n) is 4.08. The predicted molar refractivity (Wildman–Crippen MR) is 128 cm³/mol. The van der Waals surface area contributed by atoms with E-state index in [4.69, 9.17) is 14.1 Å². The first-order chi connectivity index (χ1) is 12.6. The molecule has 7 heteroatoms. The van der Waals surface area contributed by atoms with Gasteiger partial charge in [0.2, 0.25) is 14.2 Å². The van der Waals surface area contributed by atoms with Gasteiger partial charge in [0.05, 0.1) is 13.2 Å². The second-order valence-electron chi connectivity index (χ2n) is 7.84. The average Bonchev–Trinajstić information content (AvgIpc) is 2.58. The number of halogens is 2. The molecule has 0 radical (unpaired) electrons. The van der Waals surface area contributed by atoms with E-state index in [1.165, 1.54) is 0 Å². The third kappa shape index (κ3) is 5.99. The van der Waals surface area contributed by atoms with Crippen molar-refractivity contribution in [3.63, 3.8) is 0 Å². The number of ether oxygens (including phenoxy) is 1. The molecular formula is C20H34BrIN2O2Si. The van der Waals surface area contributed by atoms with Gasteiger partial charge in [0, 0.05) is 0 Å². The minimum Gasteiger partial charge on any atom is -0.479 e. The second-order valence-corrected chi connectivity index (χ2v) is 15.0. The molecule has 1 atom stereocenters. The monoisotopic (exact) mass is 568 g/mol. The Hall–Kier alpha value is 0.00688. The van der Waals surface area contributed by atoms with Gasteiger partial charge in [-0.25, -0.2) is 9.97 Å². The Balaban J connectivity index is 3.40. The molecule has 1 unspecified atom stereocenters. The van der Waals surface area contributed by atoms with Gasteiger partial charge in [-0.3, -0.25) is 0 Å². The van der Waals surface area contributed by atoms with Crippen molar-refractivity contribution in [2.75, 3.05) is 7.11 Å². The molecule has 0 saturated heterocycles. The lowest BCUT2D eigenvalue weighted by Crippen LogP contribution is -2.48. The van der Waals surface area contributed by atoms with Crippen LogP contribution >= 0.6 is 38.5 Å². The maximum Gasteiger partial charge on any atom is 0.247 e. The largest absolute Gasteiger partial charge is 0.479 e. The predicted octanol–water partition coefficient (Wildman–Crippen LogP) is 7.44. The summed E-state index contributed by atoms with van der Waals surface area (Å²) in [6.07, 6.45) is 4.78. The van der Waals surface area contributed by atoms with Crippen molar-refractivity contribution in [2.24, 2.45) is 0 Å². The van der Waals surface area contributed by atoms with Crippen LogP contribution in [0.3, 0.4) is 0 Å². The summed E-state index contributed by atoms with van der Waals surface area (Å²) in [5.74, 6) is 0.538. The van der Waals surface area contributed by atoms with Gasteiger partial charge in [0.15, 0.2) is 3.70 Å². The molecule has 4 nitrogen and oxygen atoms in total. The Labute approximate surface area is 188 Å². The fourth-order valence-corrected chi connectivity index (χ4v) is 10.7. The minimum absolute atomic E-state index is 0.0786. The van der Waals surface area contributed by atoms with Gasteiger partial charge >= 0.3 is 0 Å². The van der Waals surface area contributed by atoms with Gasteiger partial charge in [0.1, 0.15) is 10.3 Å². The van der Waals surface area contributed by atoms with Gasteiger partial charge in [-0.2, -0.15) is 0 Å². The highest BCUT2D eigenvalue weighted by Crippen LogP contribution is 2.46. The van der Waals surface area contributed by atoms with Crippen LogP contribution in [0.5, 0.6) is 5.88 Å². The highest BCUT2D eigenvalue weighted by molar-refractivity contribution is 14.1. The molecule has 154 valence electrons. The molecule has 1 aromatic rings. The smallest absolute Gasteiger partial charge is 0.247 e. The van der Waals surface area contributed by atoms with Gasteiger partial charge in [-0.1, -0.05) is 47.6 Å². The SMILES string of the molecule is C=CCCCC(O[Si](C(C)C)(C(C)C)C(C)C)c1nc(I)c(OC)nc1Br. The first-order valence-electron chi connectivity index (χ1n) is 9.67. The number of aromatic nitrogens is 2. The maximum atomic E-state index is 7.09. The van der Waals surface area contributed by atoms with E-state index < -0.39 is 8.32 Å². The number of rotatable bonds is 11. The summed E-state index contributed by atoms with van der Waals surface area (Å²) in [6.45, 7) is 17.7. The Morgan fingerprint density at radius 1 is 1.11 bits per heavy atom. The lowest BCUT2D eigenvalue weighted by Gasteiger charge is -2.44. The summed E-state index contributed by atoms with van der Waals surface area (Å²) < 4.78 is 13.9. The van der Waals surface area contributed by atoms with Crippen LogP contribution in [0.15, 0.2) is 17.3 Å². The van der Waals surface area contributed by atoms with Crippen molar-refractivity contribution in [3.8, 4) is 5.88 Å². The molecule has 1 heterocycles. The zero-order valence-corrected chi connectivity index (χ0v) is 22.4. The first-order valence-corrected chi connectivity index (χ1v) is 13.7. The molecule has 0 bridgehead atoms. The van der Waals surface area contributed by atoms with E-state index >= 15 is 0 Å². The number of nitrogens with zero attached hydrogens (tertiary/aromatic N) is 2. The molecule has 0 aliphatic rings. The van der Waals surface area contributed by atoms with Crippen LogP contribution in [0.1, 0.15) is 72.6 Å². The zero-order valence-electron chi connectivity index (χ0n) is 17.7. The topological polar surface area (TPSA) is 44.2 Å². The van der Waals surface area contributed by atoms with E-state index in [0.29, 0.717) is 27.1 Å². The average molecular weight is 569 g/mol. The molecule has 0 N–H and O–H groups in total. The Bertz CT molecular complexity index is 604. The first kappa shape index (κ1) is 25.0. The Morgan fingerprint density at radius 2 is 1.67 bits per heavy atom. The lowest BCUT2D eigenvalue weighted by molar-refractivity contribution is 0.158. The number of hydrogen-bond donors (Lipinski definition) is 0. The van der Waals surface area contributed by atoms with Gasteiger partial charge in [-0.15, -0.1) is 6.58 Å². The molecular weight excluding hydrogens is 535 g/mol. The third-order valence-corrected chi connectivity index (χ3v) is 12.6. The minimum atomic E-state index is -2.04. The van der Waals surface area contributed by atoms with Crippen molar-refractivity contribution < 1.29 is 9.16 Å². The molecule has 0 aliphatic carbocycles. The van der Waals surface area contributed by atoms with E-state index in [1.807, 2.05) is 6.08 Å². The van der Waals surface area contributed by atoms with Gasteiger partial charge < -0.3 is 9.16 Å². The van der Waals surface area contributed by atoms with Crippen molar-refractivity contribution in [2.45, 2.75) is 83.5 Å². The Kier molecular flexibility index (Phi) is 10.4. The van der Waals surface area contributed by atoms with Crippen LogP contribution < -0.4 is 4.74 Å². The summed E-state index contributed by atoms with van der Waals surface area (Å²) >= 11 is 5.79. The quantitative estimate of drug-likeness (QED) is 0.120. The zero-order chi connectivity index (χ0) is 20.8. The lowest BCUT2D eigenvalue weighted by atomic mass is 10.1. The van der Waals surface area contributed by atoms with Crippen LogP contribution in [0.4, 0.5) is 0 Å². The van der Waals surface area contributed by atoms with Crippen LogP contribution in [0.25, 0.3) is 0 Å². The number of hydrogen-bond acceptors (Lipinski definition) is 4.